The summed E-state index contributed by atoms with van der Waals surface area (Å²) in [6.45, 7) is -0.599. The third-order valence-corrected chi connectivity index (χ3v) is 3.34. The van der Waals surface area contributed by atoms with Gasteiger partial charge in [-0.05, 0) is 24.3 Å². The molecule has 20 heavy (non-hydrogen) atoms. The molecule has 2 aromatic rings. The lowest BCUT2D eigenvalue weighted by atomic mass is 10.1. The maximum absolute atomic E-state index is 12.9. The van der Waals surface area contributed by atoms with E-state index >= 15 is 0 Å². The number of nitrogens with zero attached hydrogens (tertiary/aromatic N) is 2. The third-order valence-electron chi connectivity index (χ3n) is 3.34. The molecule has 6 heteroatoms. The topological polar surface area (TPSA) is 42.4 Å². The SMILES string of the molecule is COC(=O)c1ccnc2ccc(N3CC(F)(F)C3)cc12. The van der Waals surface area contributed by atoms with Crippen LogP contribution in [-0.4, -0.2) is 37.1 Å². The Kier molecular flexibility index (Phi) is 2.81. The summed E-state index contributed by atoms with van der Waals surface area (Å²) in [5, 5.41) is 0.604. The summed E-state index contributed by atoms with van der Waals surface area (Å²) in [5.41, 5.74) is 1.66. The van der Waals surface area contributed by atoms with Crippen LogP contribution in [-0.2, 0) is 4.74 Å². The van der Waals surface area contributed by atoms with Crippen LogP contribution in [0.4, 0.5) is 14.5 Å². The second-order valence-electron chi connectivity index (χ2n) is 4.76. The van der Waals surface area contributed by atoms with Crippen molar-refractivity contribution in [3.05, 3.63) is 36.0 Å². The van der Waals surface area contributed by atoms with Gasteiger partial charge in [0.05, 0.1) is 31.3 Å². The van der Waals surface area contributed by atoms with Crippen LogP contribution in [0.1, 0.15) is 10.4 Å². The minimum Gasteiger partial charge on any atom is -0.465 e. The zero-order valence-electron chi connectivity index (χ0n) is 10.8. The number of carbonyl (C=O) groups is 1. The predicted molar refractivity (Wildman–Crippen MR) is 70.2 cm³/mol. The van der Waals surface area contributed by atoms with Crippen LogP contribution in [0.15, 0.2) is 30.5 Å². The highest BCUT2D eigenvalue weighted by Crippen LogP contribution is 2.33. The summed E-state index contributed by atoms with van der Waals surface area (Å²) < 4.78 is 30.6. The van der Waals surface area contributed by atoms with Crippen molar-refractivity contribution in [3.63, 3.8) is 0 Å². The number of rotatable bonds is 2. The molecule has 1 saturated heterocycles. The van der Waals surface area contributed by atoms with E-state index < -0.39 is 11.9 Å². The summed E-state index contributed by atoms with van der Waals surface area (Å²) in [5.74, 6) is -3.10. The Morgan fingerprint density at radius 3 is 2.75 bits per heavy atom. The van der Waals surface area contributed by atoms with E-state index in [1.54, 1.807) is 29.2 Å². The molecular weight excluding hydrogens is 266 g/mol. The van der Waals surface area contributed by atoms with Crippen molar-refractivity contribution < 1.29 is 18.3 Å². The van der Waals surface area contributed by atoms with Crippen LogP contribution in [0.25, 0.3) is 10.9 Å². The first kappa shape index (κ1) is 12.8. The normalized spacial score (nSPS) is 16.9. The molecule has 0 spiro atoms. The molecule has 1 aromatic heterocycles. The number of alkyl halides is 2. The Labute approximate surface area is 114 Å². The lowest BCUT2D eigenvalue weighted by molar-refractivity contribution is -0.0262. The van der Waals surface area contributed by atoms with Crippen molar-refractivity contribution in [2.45, 2.75) is 5.92 Å². The number of hydrogen-bond donors (Lipinski definition) is 0. The molecule has 0 bridgehead atoms. The third kappa shape index (κ3) is 2.07. The number of aromatic nitrogens is 1. The number of anilines is 1. The minimum absolute atomic E-state index is 0.299. The lowest BCUT2D eigenvalue weighted by Crippen LogP contribution is -2.56. The van der Waals surface area contributed by atoms with Gasteiger partial charge < -0.3 is 9.64 Å². The molecule has 4 nitrogen and oxygen atoms in total. The first-order valence-corrected chi connectivity index (χ1v) is 6.10. The highest BCUT2D eigenvalue weighted by molar-refractivity contribution is 6.04. The first-order chi connectivity index (χ1) is 9.50. The second kappa shape index (κ2) is 4.40. The number of hydrogen-bond acceptors (Lipinski definition) is 4. The number of fused-ring (bicyclic) bond motifs is 1. The van der Waals surface area contributed by atoms with Crippen LogP contribution in [0, 0.1) is 0 Å². The number of ether oxygens (including phenoxy) is 1. The van der Waals surface area contributed by atoms with Crippen molar-refractivity contribution in [3.8, 4) is 0 Å². The van der Waals surface area contributed by atoms with E-state index in [9.17, 15) is 13.6 Å². The fourth-order valence-electron chi connectivity index (χ4n) is 2.31. The molecule has 2 heterocycles. The molecule has 0 radical (unpaired) electrons. The maximum Gasteiger partial charge on any atom is 0.338 e. The van der Waals surface area contributed by atoms with Gasteiger partial charge in [0.1, 0.15) is 0 Å². The summed E-state index contributed by atoms with van der Waals surface area (Å²) in [6, 6.07) is 6.70. The average molecular weight is 278 g/mol. The fraction of sp³-hybridized carbons (Fsp3) is 0.286. The predicted octanol–water partition coefficient (Wildman–Crippen LogP) is 2.48. The standard InChI is InChI=1S/C14H12F2N2O2/c1-20-13(19)10-4-5-17-12-3-2-9(6-11(10)12)18-7-14(15,16)8-18/h2-6H,7-8H2,1H3. The maximum atomic E-state index is 12.9. The monoisotopic (exact) mass is 278 g/mol. The van der Waals surface area contributed by atoms with Crippen molar-refractivity contribution in [2.75, 3.05) is 25.1 Å². The van der Waals surface area contributed by atoms with E-state index in [1.165, 1.54) is 13.3 Å². The van der Waals surface area contributed by atoms with Gasteiger partial charge in [-0.2, -0.15) is 0 Å². The average Bonchev–Trinajstić information content (AvgIpc) is 2.42. The number of methoxy groups -OCH3 is 1. The number of carbonyl (C=O) groups excluding carboxylic acids is 1. The van der Waals surface area contributed by atoms with E-state index in [1.807, 2.05) is 0 Å². The highest BCUT2D eigenvalue weighted by Gasteiger charge is 2.43. The summed E-state index contributed by atoms with van der Waals surface area (Å²) in [6.07, 6.45) is 1.52. The van der Waals surface area contributed by atoms with Gasteiger partial charge in [-0.15, -0.1) is 0 Å². The van der Waals surface area contributed by atoms with Crippen LogP contribution >= 0.6 is 0 Å². The molecule has 3 rings (SSSR count). The van der Waals surface area contributed by atoms with Gasteiger partial charge in [0.2, 0.25) is 0 Å². The van der Waals surface area contributed by atoms with Crippen molar-refractivity contribution in [1.29, 1.82) is 0 Å². The molecule has 104 valence electrons. The summed E-state index contributed by atoms with van der Waals surface area (Å²) >= 11 is 0. The van der Waals surface area contributed by atoms with Gasteiger partial charge in [0.15, 0.2) is 0 Å². The summed E-state index contributed by atoms with van der Waals surface area (Å²) in [4.78, 5) is 17.4. The molecular formula is C14H12F2N2O2. The molecule has 0 amide bonds. The lowest BCUT2D eigenvalue weighted by Gasteiger charge is -2.40. The molecule has 0 saturated carbocycles. The molecule has 0 aliphatic carbocycles. The Bertz CT molecular complexity index is 680. The Morgan fingerprint density at radius 1 is 1.35 bits per heavy atom. The van der Waals surface area contributed by atoms with Crippen molar-refractivity contribution >= 4 is 22.6 Å². The molecule has 1 aliphatic rings. The smallest absolute Gasteiger partial charge is 0.338 e. The molecule has 0 unspecified atom stereocenters. The van der Waals surface area contributed by atoms with Crippen molar-refractivity contribution in [1.82, 2.24) is 4.98 Å². The molecule has 0 N–H and O–H groups in total. The number of esters is 1. The number of halogens is 2. The Balaban J connectivity index is 2.03. The van der Waals surface area contributed by atoms with Gasteiger partial charge in [0.25, 0.3) is 5.92 Å². The van der Waals surface area contributed by atoms with Crippen LogP contribution < -0.4 is 4.90 Å². The largest absolute Gasteiger partial charge is 0.465 e. The first-order valence-electron chi connectivity index (χ1n) is 6.10. The number of pyridine rings is 1. The molecule has 1 fully saturated rings. The Hall–Kier alpha value is -2.24. The van der Waals surface area contributed by atoms with E-state index in [0.717, 1.165) is 0 Å². The van der Waals surface area contributed by atoms with E-state index in [2.05, 4.69) is 4.98 Å². The minimum atomic E-state index is -2.63. The van der Waals surface area contributed by atoms with Crippen molar-refractivity contribution in [2.24, 2.45) is 0 Å². The van der Waals surface area contributed by atoms with Crippen LogP contribution in [0.5, 0.6) is 0 Å². The zero-order valence-corrected chi connectivity index (χ0v) is 10.8. The summed E-state index contributed by atoms with van der Waals surface area (Å²) in [7, 11) is 1.30. The molecule has 0 atom stereocenters. The van der Waals surface area contributed by atoms with E-state index in [0.29, 0.717) is 22.2 Å². The zero-order chi connectivity index (χ0) is 14.3. The van der Waals surface area contributed by atoms with E-state index in [4.69, 9.17) is 4.74 Å². The molecule has 1 aromatic carbocycles. The number of benzene rings is 1. The van der Waals surface area contributed by atoms with Gasteiger partial charge in [-0.25, -0.2) is 13.6 Å². The van der Waals surface area contributed by atoms with Crippen LogP contribution in [0.2, 0.25) is 0 Å². The van der Waals surface area contributed by atoms with E-state index in [-0.39, 0.29) is 13.1 Å². The van der Waals surface area contributed by atoms with Gasteiger partial charge in [0, 0.05) is 17.3 Å². The molecule has 1 aliphatic heterocycles. The van der Waals surface area contributed by atoms with Crippen LogP contribution in [0.3, 0.4) is 0 Å². The quantitative estimate of drug-likeness (QED) is 0.791. The van der Waals surface area contributed by atoms with Gasteiger partial charge in [-0.3, -0.25) is 4.98 Å². The second-order valence-corrected chi connectivity index (χ2v) is 4.76. The van der Waals surface area contributed by atoms with Gasteiger partial charge in [-0.1, -0.05) is 0 Å². The highest BCUT2D eigenvalue weighted by atomic mass is 19.3. The fourth-order valence-corrected chi connectivity index (χ4v) is 2.31. The Morgan fingerprint density at radius 2 is 2.10 bits per heavy atom. The van der Waals surface area contributed by atoms with Gasteiger partial charge >= 0.3 is 5.97 Å².